The van der Waals surface area contributed by atoms with E-state index in [9.17, 15) is 4.79 Å². The van der Waals surface area contributed by atoms with Crippen molar-refractivity contribution in [1.29, 1.82) is 0 Å². The highest BCUT2D eigenvalue weighted by atomic mass is 32.1. The lowest BCUT2D eigenvalue weighted by atomic mass is 9.99. The quantitative estimate of drug-likeness (QED) is 0.768. The van der Waals surface area contributed by atoms with Crippen molar-refractivity contribution in [1.82, 2.24) is 4.98 Å². The van der Waals surface area contributed by atoms with E-state index in [0.29, 0.717) is 10.7 Å². The molecule has 0 atom stereocenters. The Kier molecular flexibility index (Phi) is 4.61. The van der Waals surface area contributed by atoms with Gasteiger partial charge in [-0.3, -0.25) is 10.1 Å². The standard InChI is InChI=1S/C18H16N2OS/c21-17(20-18-19-12-13-22-18)16-9-5-4-8-15(16)11-10-14-6-2-1-3-7-14/h1-9,12-13H,10-11H2,(H,19,20,21). The summed E-state index contributed by atoms with van der Waals surface area (Å²) in [4.78, 5) is 16.5. The Morgan fingerprint density at radius 1 is 1.00 bits per heavy atom. The summed E-state index contributed by atoms with van der Waals surface area (Å²) in [7, 11) is 0. The third-order valence-corrected chi connectivity index (χ3v) is 4.13. The molecule has 0 saturated carbocycles. The van der Waals surface area contributed by atoms with Crippen LogP contribution in [-0.4, -0.2) is 10.9 Å². The maximum absolute atomic E-state index is 12.4. The average Bonchev–Trinajstić information content (AvgIpc) is 3.07. The molecule has 0 aliphatic carbocycles. The fraction of sp³-hybridized carbons (Fsp3) is 0.111. The van der Waals surface area contributed by atoms with Gasteiger partial charge in [-0.25, -0.2) is 4.98 Å². The average molecular weight is 308 g/mol. The van der Waals surface area contributed by atoms with Crippen molar-refractivity contribution < 1.29 is 4.79 Å². The highest BCUT2D eigenvalue weighted by Crippen LogP contribution is 2.16. The minimum atomic E-state index is -0.0985. The summed E-state index contributed by atoms with van der Waals surface area (Å²) < 4.78 is 0. The van der Waals surface area contributed by atoms with Crippen LogP contribution in [0.1, 0.15) is 21.5 Å². The first-order chi connectivity index (χ1) is 10.8. The minimum Gasteiger partial charge on any atom is -0.298 e. The number of carbonyl (C=O) groups excluding carboxylic acids is 1. The molecule has 0 fully saturated rings. The largest absolute Gasteiger partial charge is 0.298 e. The summed E-state index contributed by atoms with van der Waals surface area (Å²) in [5.74, 6) is -0.0985. The topological polar surface area (TPSA) is 42.0 Å². The molecule has 0 aliphatic heterocycles. The summed E-state index contributed by atoms with van der Waals surface area (Å²) in [5.41, 5.74) is 3.05. The Morgan fingerprint density at radius 3 is 2.55 bits per heavy atom. The van der Waals surface area contributed by atoms with Gasteiger partial charge in [-0.15, -0.1) is 11.3 Å². The Bertz CT molecular complexity index is 739. The molecule has 1 N–H and O–H groups in total. The minimum absolute atomic E-state index is 0.0985. The molecular weight excluding hydrogens is 292 g/mol. The predicted molar refractivity (Wildman–Crippen MR) is 90.4 cm³/mol. The molecule has 3 aromatic rings. The number of anilines is 1. The molecule has 0 unspecified atom stereocenters. The number of rotatable bonds is 5. The molecule has 0 spiro atoms. The number of carbonyl (C=O) groups is 1. The summed E-state index contributed by atoms with van der Waals surface area (Å²) in [5, 5.41) is 5.32. The molecule has 3 nitrogen and oxygen atoms in total. The van der Waals surface area contributed by atoms with Crippen molar-refractivity contribution in [2.45, 2.75) is 12.8 Å². The van der Waals surface area contributed by atoms with Gasteiger partial charge in [-0.2, -0.15) is 0 Å². The van der Waals surface area contributed by atoms with Crippen molar-refractivity contribution in [3.05, 3.63) is 82.9 Å². The molecule has 4 heteroatoms. The number of aryl methyl sites for hydroxylation is 2. The van der Waals surface area contributed by atoms with Crippen LogP contribution in [0.5, 0.6) is 0 Å². The first-order valence-electron chi connectivity index (χ1n) is 7.15. The zero-order chi connectivity index (χ0) is 15.2. The number of hydrogen-bond donors (Lipinski definition) is 1. The summed E-state index contributed by atoms with van der Waals surface area (Å²) in [6.07, 6.45) is 3.44. The van der Waals surface area contributed by atoms with Crippen molar-refractivity contribution in [3.63, 3.8) is 0 Å². The molecule has 1 heterocycles. The van der Waals surface area contributed by atoms with Crippen LogP contribution in [0.25, 0.3) is 0 Å². The fourth-order valence-electron chi connectivity index (χ4n) is 2.33. The number of aromatic nitrogens is 1. The van der Waals surface area contributed by atoms with Crippen LogP contribution in [-0.2, 0) is 12.8 Å². The predicted octanol–water partition coefficient (Wildman–Crippen LogP) is 4.18. The highest BCUT2D eigenvalue weighted by Gasteiger charge is 2.12. The van der Waals surface area contributed by atoms with E-state index in [1.165, 1.54) is 16.9 Å². The van der Waals surface area contributed by atoms with Crippen molar-refractivity contribution in [3.8, 4) is 0 Å². The van der Waals surface area contributed by atoms with Gasteiger partial charge >= 0.3 is 0 Å². The van der Waals surface area contributed by atoms with Crippen LogP contribution in [0.2, 0.25) is 0 Å². The molecule has 0 bridgehead atoms. The van der Waals surface area contributed by atoms with Crippen molar-refractivity contribution in [2.75, 3.05) is 5.32 Å². The first-order valence-corrected chi connectivity index (χ1v) is 8.03. The fourth-order valence-corrected chi connectivity index (χ4v) is 2.86. The number of nitrogens with one attached hydrogen (secondary N) is 1. The molecule has 22 heavy (non-hydrogen) atoms. The van der Waals surface area contributed by atoms with Gasteiger partial charge in [-0.05, 0) is 30.0 Å². The monoisotopic (exact) mass is 308 g/mol. The lowest BCUT2D eigenvalue weighted by molar-refractivity contribution is 0.102. The van der Waals surface area contributed by atoms with Gasteiger partial charge in [0.05, 0.1) is 0 Å². The van der Waals surface area contributed by atoms with Gasteiger partial charge in [0, 0.05) is 17.1 Å². The summed E-state index contributed by atoms with van der Waals surface area (Å²) in [6, 6.07) is 18.1. The van der Waals surface area contributed by atoms with Crippen LogP contribution >= 0.6 is 11.3 Å². The number of thiazole rings is 1. The molecule has 3 rings (SSSR count). The van der Waals surface area contributed by atoms with Crippen LogP contribution in [0.4, 0.5) is 5.13 Å². The van der Waals surface area contributed by atoms with E-state index in [1.54, 1.807) is 6.20 Å². The van der Waals surface area contributed by atoms with Crippen LogP contribution in [0, 0.1) is 0 Å². The molecule has 0 radical (unpaired) electrons. The number of amides is 1. The molecule has 0 saturated heterocycles. The number of hydrogen-bond acceptors (Lipinski definition) is 3. The van der Waals surface area contributed by atoms with E-state index in [1.807, 2.05) is 47.8 Å². The SMILES string of the molecule is O=C(Nc1nccs1)c1ccccc1CCc1ccccc1. The van der Waals surface area contributed by atoms with Gasteiger partial charge in [0.25, 0.3) is 5.91 Å². The molecular formula is C18H16N2OS. The third kappa shape index (κ3) is 3.59. The lowest BCUT2D eigenvalue weighted by Gasteiger charge is -2.09. The van der Waals surface area contributed by atoms with Crippen molar-refractivity contribution >= 4 is 22.4 Å². The number of nitrogens with zero attached hydrogens (tertiary/aromatic N) is 1. The van der Waals surface area contributed by atoms with Crippen molar-refractivity contribution in [2.24, 2.45) is 0 Å². The molecule has 110 valence electrons. The van der Waals surface area contributed by atoms with Crippen LogP contribution in [0.15, 0.2) is 66.2 Å². The second kappa shape index (κ2) is 7.00. The van der Waals surface area contributed by atoms with Gasteiger partial charge in [0.2, 0.25) is 0 Å². The smallest absolute Gasteiger partial charge is 0.257 e. The zero-order valence-corrected chi connectivity index (χ0v) is 12.8. The molecule has 2 aromatic carbocycles. The second-order valence-corrected chi connectivity index (χ2v) is 5.83. The first kappa shape index (κ1) is 14.5. The van der Waals surface area contributed by atoms with E-state index < -0.39 is 0 Å². The van der Waals surface area contributed by atoms with E-state index in [0.717, 1.165) is 18.4 Å². The molecule has 0 aliphatic rings. The Morgan fingerprint density at radius 2 is 1.77 bits per heavy atom. The van der Waals surface area contributed by atoms with Gasteiger partial charge in [0.1, 0.15) is 0 Å². The summed E-state index contributed by atoms with van der Waals surface area (Å²) in [6.45, 7) is 0. The van der Waals surface area contributed by atoms with Gasteiger partial charge in [0.15, 0.2) is 5.13 Å². The maximum atomic E-state index is 12.4. The van der Waals surface area contributed by atoms with E-state index in [-0.39, 0.29) is 5.91 Å². The lowest BCUT2D eigenvalue weighted by Crippen LogP contribution is -2.14. The van der Waals surface area contributed by atoms with E-state index in [2.05, 4.69) is 22.4 Å². The number of benzene rings is 2. The molecule has 1 amide bonds. The summed E-state index contributed by atoms with van der Waals surface area (Å²) >= 11 is 1.42. The maximum Gasteiger partial charge on any atom is 0.257 e. The van der Waals surface area contributed by atoms with E-state index >= 15 is 0 Å². The second-order valence-electron chi connectivity index (χ2n) is 4.93. The zero-order valence-electron chi connectivity index (χ0n) is 12.0. The Hall–Kier alpha value is -2.46. The molecule has 1 aromatic heterocycles. The highest BCUT2D eigenvalue weighted by molar-refractivity contribution is 7.13. The Labute approximate surface area is 133 Å². The van der Waals surface area contributed by atoms with Crippen LogP contribution < -0.4 is 5.32 Å². The third-order valence-electron chi connectivity index (χ3n) is 3.44. The normalized spacial score (nSPS) is 10.4. The van der Waals surface area contributed by atoms with Gasteiger partial charge in [-0.1, -0.05) is 48.5 Å². The van der Waals surface area contributed by atoms with E-state index in [4.69, 9.17) is 0 Å². The van der Waals surface area contributed by atoms with Gasteiger partial charge < -0.3 is 0 Å². The Balaban J connectivity index is 1.73. The van der Waals surface area contributed by atoms with Crippen LogP contribution in [0.3, 0.4) is 0 Å².